The Hall–Kier alpha value is -1.55. The van der Waals surface area contributed by atoms with Crippen molar-refractivity contribution in [2.24, 2.45) is 5.73 Å². The van der Waals surface area contributed by atoms with Gasteiger partial charge in [-0.2, -0.15) is 0 Å². The van der Waals surface area contributed by atoms with E-state index in [9.17, 15) is 4.79 Å². The number of nitrogens with one attached hydrogen (secondary N) is 1. The van der Waals surface area contributed by atoms with E-state index >= 15 is 0 Å². The quantitative estimate of drug-likeness (QED) is 0.828. The Morgan fingerprint density at radius 3 is 3.11 bits per heavy atom. The van der Waals surface area contributed by atoms with E-state index in [1.54, 1.807) is 0 Å². The van der Waals surface area contributed by atoms with Gasteiger partial charge < -0.3 is 15.8 Å². The molecule has 0 saturated heterocycles. The van der Waals surface area contributed by atoms with Gasteiger partial charge >= 0.3 is 0 Å². The van der Waals surface area contributed by atoms with E-state index in [1.807, 2.05) is 24.3 Å². The van der Waals surface area contributed by atoms with E-state index in [0.29, 0.717) is 13.2 Å². The van der Waals surface area contributed by atoms with E-state index in [-0.39, 0.29) is 17.9 Å². The normalized spacial score (nSPS) is 18.9. The van der Waals surface area contributed by atoms with Gasteiger partial charge in [-0.25, -0.2) is 0 Å². The minimum absolute atomic E-state index is 0.00602. The summed E-state index contributed by atoms with van der Waals surface area (Å²) in [5.41, 5.74) is 6.85. The number of rotatable bonds is 5. The third-order valence-corrected chi connectivity index (χ3v) is 3.21. The monoisotopic (exact) mass is 248 g/mol. The van der Waals surface area contributed by atoms with Crippen LogP contribution in [0.15, 0.2) is 24.3 Å². The van der Waals surface area contributed by atoms with Crippen LogP contribution in [0.25, 0.3) is 0 Å². The van der Waals surface area contributed by atoms with Gasteiger partial charge in [-0.05, 0) is 12.5 Å². The van der Waals surface area contributed by atoms with Gasteiger partial charge in [0.2, 0.25) is 5.91 Å². The molecular weight excluding hydrogens is 228 g/mol. The molecule has 1 aliphatic rings. The molecule has 3 N–H and O–H groups in total. The number of hydrogen-bond donors (Lipinski definition) is 2. The Morgan fingerprint density at radius 1 is 1.56 bits per heavy atom. The summed E-state index contributed by atoms with van der Waals surface area (Å²) in [4.78, 5) is 12.1. The first-order chi connectivity index (χ1) is 8.72. The van der Waals surface area contributed by atoms with Crippen molar-refractivity contribution in [2.75, 3.05) is 13.2 Å². The molecule has 0 aliphatic carbocycles. The van der Waals surface area contributed by atoms with E-state index in [4.69, 9.17) is 10.5 Å². The summed E-state index contributed by atoms with van der Waals surface area (Å²) in [6.45, 7) is 3.04. The average molecular weight is 248 g/mol. The second-order valence-electron chi connectivity index (χ2n) is 4.70. The Morgan fingerprint density at radius 2 is 2.33 bits per heavy atom. The summed E-state index contributed by atoms with van der Waals surface area (Å²) in [5, 5.41) is 2.91. The van der Waals surface area contributed by atoms with Crippen LogP contribution in [0.2, 0.25) is 0 Å². The van der Waals surface area contributed by atoms with Gasteiger partial charge in [0.1, 0.15) is 18.3 Å². The Balaban J connectivity index is 1.91. The molecule has 2 unspecified atom stereocenters. The molecule has 0 saturated carbocycles. The highest BCUT2D eigenvalue weighted by molar-refractivity contribution is 5.85. The van der Waals surface area contributed by atoms with Crippen molar-refractivity contribution in [1.82, 2.24) is 5.32 Å². The third-order valence-electron chi connectivity index (χ3n) is 3.21. The Kier molecular flexibility index (Phi) is 4.20. The van der Waals surface area contributed by atoms with Crippen molar-refractivity contribution in [3.8, 4) is 5.75 Å². The molecule has 2 atom stereocenters. The van der Waals surface area contributed by atoms with Crippen LogP contribution in [-0.2, 0) is 4.79 Å². The highest BCUT2D eigenvalue weighted by Gasteiger charge is 2.29. The van der Waals surface area contributed by atoms with Crippen LogP contribution in [0.1, 0.15) is 31.2 Å². The zero-order chi connectivity index (χ0) is 13.0. The average Bonchev–Trinajstić information content (AvgIpc) is 2.80. The molecule has 1 aromatic carbocycles. The lowest BCUT2D eigenvalue weighted by molar-refractivity contribution is -0.122. The molecule has 0 fully saturated rings. The lowest BCUT2D eigenvalue weighted by atomic mass is 10.0. The molecule has 0 spiro atoms. The van der Waals surface area contributed by atoms with E-state index in [0.717, 1.165) is 24.2 Å². The first-order valence-corrected chi connectivity index (χ1v) is 6.47. The molecule has 4 heteroatoms. The summed E-state index contributed by atoms with van der Waals surface area (Å²) >= 11 is 0. The number of amides is 1. The molecule has 1 aliphatic heterocycles. The van der Waals surface area contributed by atoms with Gasteiger partial charge in [-0.1, -0.05) is 31.5 Å². The van der Waals surface area contributed by atoms with Crippen LogP contribution < -0.4 is 15.8 Å². The zero-order valence-corrected chi connectivity index (χ0v) is 10.7. The molecule has 2 rings (SSSR count). The molecule has 1 heterocycles. The first-order valence-electron chi connectivity index (χ1n) is 6.47. The molecule has 1 aromatic rings. The predicted octanol–water partition coefficient (Wildman–Crippen LogP) is 1.41. The van der Waals surface area contributed by atoms with E-state index in [2.05, 4.69) is 12.2 Å². The number of fused-ring (bicyclic) bond motifs is 1. The van der Waals surface area contributed by atoms with Gasteiger partial charge in [0.15, 0.2) is 0 Å². The number of ether oxygens (including phenoxy) is 1. The maximum absolute atomic E-state index is 12.1. The van der Waals surface area contributed by atoms with Crippen LogP contribution >= 0.6 is 0 Å². The number of nitrogens with two attached hydrogens (primary N) is 1. The summed E-state index contributed by atoms with van der Waals surface area (Å²) in [7, 11) is 0. The fourth-order valence-corrected chi connectivity index (χ4v) is 2.21. The lowest BCUT2D eigenvalue weighted by Gasteiger charge is -2.14. The molecule has 98 valence electrons. The predicted molar refractivity (Wildman–Crippen MR) is 70.6 cm³/mol. The fraction of sp³-hybridized carbons (Fsp3) is 0.500. The van der Waals surface area contributed by atoms with Crippen LogP contribution in [0.5, 0.6) is 5.75 Å². The number of para-hydroxylation sites is 1. The van der Waals surface area contributed by atoms with Crippen LogP contribution in [-0.4, -0.2) is 25.1 Å². The highest BCUT2D eigenvalue weighted by Crippen LogP contribution is 2.33. The largest absolute Gasteiger partial charge is 0.492 e. The molecular formula is C14H20N2O2. The molecule has 0 radical (unpaired) electrons. The smallest absolute Gasteiger partial charge is 0.231 e. The minimum atomic E-state index is -0.199. The summed E-state index contributed by atoms with van der Waals surface area (Å²) < 4.78 is 5.49. The second-order valence-corrected chi connectivity index (χ2v) is 4.70. The summed E-state index contributed by atoms with van der Waals surface area (Å²) in [5.74, 6) is 0.622. The maximum Gasteiger partial charge on any atom is 0.231 e. The van der Waals surface area contributed by atoms with Crippen molar-refractivity contribution < 1.29 is 9.53 Å². The second kappa shape index (κ2) is 5.87. The van der Waals surface area contributed by atoms with Crippen molar-refractivity contribution in [2.45, 2.75) is 31.7 Å². The summed E-state index contributed by atoms with van der Waals surface area (Å²) in [6.07, 6.45) is 1.96. The molecule has 1 amide bonds. The van der Waals surface area contributed by atoms with Gasteiger partial charge in [0.25, 0.3) is 0 Å². The van der Waals surface area contributed by atoms with Crippen molar-refractivity contribution in [3.05, 3.63) is 29.8 Å². The Bertz CT molecular complexity index is 420. The number of hydrogen-bond acceptors (Lipinski definition) is 3. The van der Waals surface area contributed by atoms with Gasteiger partial charge in [-0.15, -0.1) is 0 Å². The third kappa shape index (κ3) is 2.82. The van der Waals surface area contributed by atoms with Gasteiger partial charge in [0, 0.05) is 18.2 Å². The lowest BCUT2D eigenvalue weighted by Crippen LogP contribution is -2.39. The van der Waals surface area contributed by atoms with Crippen LogP contribution in [0.3, 0.4) is 0 Å². The standard InChI is InChI=1S/C14H20N2O2/c1-2-5-10(15)8-16-14(17)12-9-18-13-7-4-3-6-11(12)13/h3-4,6-7,10,12H,2,5,8-9,15H2,1H3,(H,16,17). The van der Waals surface area contributed by atoms with Crippen LogP contribution in [0, 0.1) is 0 Å². The van der Waals surface area contributed by atoms with Gasteiger partial charge in [-0.3, -0.25) is 4.79 Å². The SMILES string of the molecule is CCCC(N)CNC(=O)C1COc2ccccc21. The zero-order valence-electron chi connectivity index (χ0n) is 10.7. The highest BCUT2D eigenvalue weighted by atomic mass is 16.5. The minimum Gasteiger partial charge on any atom is -0.492 e. The number of benzene rings is 1. The van der Waals surface area contributed by atoms with Crippen molar-refractivity contribution >= 4 is 5.91 Å². The molecule has 4 nitrogen and oxygen atoms in total. The van der Waals surface area contributed by atoms with Crippen molar-refractivity contribution in [1.29, 1.82) is 0 Å². The van der Waals surface area contributed by atoms with E-state index in [1.165, 1.54) is 0 Å². The Labute approximate surface area is 108 Å². The van der Waals surface area contributed by atoms with Gasteiger partial charge in [0.05, 0.1) is 0 Å². The molecule has 0 aromatic heterocycles. The van der Waals surface area contributed by atoms with Crippen LogP contribution in [0.4, 0.5) is 0 Å². The molecule has 0 bridgehead atoms. The van der Waals surface area contributed by atoms with E-state index < -0.39 is 0 Å². The molecule has 18 heavy (non-hydrogen) atoms. The fourth-order valence-electron chi connectivity index (χ4n) is 2.21. The topological polar surface area (TPSA) is 64.3 Å². The summed E-state index contributed by atoms with van der Waals surface area (Å²) in [6, 6.07) is 7.72. The first kappa shape index (κ1) is 12.9. The maximum atomic E-state index is 12.1. The number of carbonyl (C=O) groups is 1. The number of carbonyl (C=O) groups excluding carboxylic acids is 1. The van der Waals surface area contributed by atoms with Crippen molar-refractivity contribution in [3.63, 3.8) is 0 Å².